The van der Waals surface area contributed by atoms with Crippen LogP contribution in [0.15, 0.2) is 81.1 Å². The number of fused-ring (bicyclic) bond motifs is 2. The highest BCUT2D eigenvalue weighted by atomic mass is 32.1. The fraction of sp³-hybridized carbons (Fsp3) is 0. The highest BCUT2D eigenvalue weighted by Crippen LogP contribution is 2.40. The van der Waals surface area contributed by atoms with Crippen LogP contribution in [0, 0.1) is 0 Å². The molecule has 0 saturated carbocycles. The number of thiophene rings is 1. The molecule has 0 fully saturated rings. The zero-order valence-electron chi connectivity index (χ0n) is 17.4. The number of hydrogen-bond donors (Lipinski definition) is 3. The number of amides is 1. The van der Waals surface area contributed by atoms with Crippen LogP contribution in [-0.4, -0.2) is 27.2 Å². The summed E-state index contributed by atoms with van der Waals surface area (Å²) in [6, 6.07) is 18.2. The van der Waals surface area contributed by atoms with Crippen molar-refractivity contribution in [3.8, 4) is 21.9 Å². The summed E-state index contributed by atoms with van der Waals surface area (Å²) >= 11 is 1.18. The smallest absolute Gasteiger partial charge is 0.339 e. The number of aromatic nitrogens is 2. The Morgan fingerprint density at radius 3 is 2.65 bits per heavy atom. The lowest BCUT2D eigenvalue weighted by Crippen LogP contribution is -2.13. The molecule has 0 radical (unpaired) electrons. The molecule has 4 aromatic heterocycles. The van der Waals surface area contributed by atoms with Crippen LogP contribution in [-0.2, 0) is 0 Å². The van der Waals surface area contributed by atoms with Crippen LogP contribution < -0.4 is 5.32 Å². The number of carbonyl (C=O) groups is 2. The van der Waals surface area contributed by atoms with Gasteiger partial charge < -0.3 is 19.3 Å². The molecule has 0 aliphatic heterocycles. The number of H-pyrrole nitrogens is 1. The topological polar surface area (TPSA) is 121 Å². The number of para-hydroxylation sites is 2. The average Bonchev–Trinajstić information content (AvgIpc) is 3.63. The van der Waals surface area contributed by atoms with Crippen molar-refractivity contribution in [3.63, 3.8) is 0 Å². The van der Waals surface area contributed by atoms with Gasteiger partial charge in [0.15, 0.2) is 5.76 Å². The third kappa shape index (κ3) is 3.26. The van der Waals surface area contributed by atoms with E-state index in [4.69, 9.17) is 8.83 Å². The Morgan fingerprint density at radius 1 is 1.00 bits per heavy atom. The van der Waals surface area contributed by atoms with E-state index in [1.54, 1.807) is 29.8 Å². The number of carboxylic acid groups (broad SMARTS) is 1. The molecule has 0 unspecified atom stereocenters. The molecule has 8 nitrogen and oxygen atoms in total. The largest absolute Gasteiger partial charge is 0.478 e. The molecule has 6 aromatic rings. The number of aromatic carboxylic acids is 1. The van der Waals surface area contributed by atoms with Crippen LogP contribution in [0.1, 0.15) is 20.9 Å². The number of anilines is 1. The van der Waals surface area contributed by atoms with E-state index < -0.39 is 11.9 Å². The van der Waals surface area contributed by atoms with E-state index in [-0.39, 0.29) is 17.0 Å². The first-order valence-electron chi connectivity index (χ1n) is 10.3. The van der Waals surface area contributed by atoms with Crippen molar-refractivity contribution in [3.05, 3.63) is 83.6 Å². The Morgan fingerprint density at radius 2 is 1.85 bits per heavy atom. The van der Waals surface area contributed by atoms with E-state index >= 15 is 0 Å². The molecule has 4 heterocycles. The van der Waals surface area contributed by atoms with E-state index in [0.29, 0.717) is 21.8 Å². The normalized spacial score (nSPS) is 11.3. The Labute approximate surface area is 195 Å². The van der Waals surface area contributed by atoms with Gasteiger partial charge >= 0.3 is 5.97 Å². The van der Waals surface area contributed by atoms with Gasteiger partial charge in [-0.05, 0) is 30.3 Å². The summed E-state index contributed by atoms with van der Waals surface area (Å²) in [5.41, 5.74) is 2.92. The summed E-state index contributed by atoms with van der Waals surface area (Å²) in [5.74, 6) is -1.22. The second-order valence-electron chi connectivity index (χ2n) is 7.57. The minimum absolute atomic E-state index is 0.0448. The average molecular weight is 469 g/mol. The quantitative estimate of drug-likeness (QED) is 0.274. The predicted octanol–water partition coefficient (Wildman–Crippen LogP) is 6.25. The maximum Gasteiger partial charge on any atom is 0.339 e. The zero-order valence-corrected chi connectivity index (χ0v) is 18.2. The van der Waals surface area contributed by atoms with Crippen molar-refractivity contribution in [2.75, 3.05) is 5.32 Å². The van der Waals surface area contributed by atoms with Crippen LogP contribution in [0.3, 0.4) is 0 Å². The summed E-state index contributed by atoms with van der Waals surface area (Å²) in [7, 11) is 0. The number of furan rings is 2. The van der Waals surface area contributed by atoms with Gasteiger partial charge in [-0.25, -0.2) is 4.79 Å². The lowest BCUT2D eigenvalue weighted by Gasteiger charge is -2.03. The van der Waals surface area contributed by atoms with Crippen LogP contribution in [0.5, 0.6) is 0 Å². The van der Waals surface area contributed by atoms with Gasteiger partial charge in [0.05, 0.1) is 16.3 Å². The number of carbonyl (C=O) groups excluding carboxylic acids is 1. The standard InChI is InChI=1S/C25H15N3O5S/c29-24(20-10-13-4-1-2-7-18(13)32-20)27-17-12-34-23(21(17)25(30)31)19-11-14-5-3-6-15(22(14)33-19)16-8-9-26-28-16/h1-12H,(H,26,28)(H,27,29)(H,30,31). The number of nitrogens with zero attached hydrogens (tertiary/aromatic N) is 1. The van der Waals surface area contributed by atoms with Crippen molar-refractivity contribution >= 4 is 50.8 Å². The Kier molecular flexibility index (Phi) is 4.56. The van der Waals surface area contributed by atoms with Gasteiger partial charge in [0.2, 0.25) is 0 Å². The fourth-order valence-corrected chi connectivity index (χ4v) is 4.86. The van der Waals surface area contributed by atoms with Gasteiger partial charge in [-0.2, -0.15) is 5.10 Å². The van der Waals surface area contributed by atoms with Crippen LogP contribution in [0.4, 0.5) is 5.69 Å². The number of nitrogens with one attached hydrogen (secondary N) is 2. The molecule has 0 saturated heterocycles. The summed E-state index contributed by atoms with van der Waals surface area (Å²) < 4.78 is 11.7. The van der Waals surface area contributed by atoms with Crippen LogP contribution >= 0.6 is 11.3 Å². The first-order valence-corrected chi connectivity index (χ1v) is 11.1. The summed E-state index contributed by atoms with van der Waals surface area (Å²) in [4.78, 5) is 25.4. The van der Waals surface area contributed by atoms with E-state index in [1.165, 1.54) is 11.3 Å². The molecule has 9 heteroatoms. The maximum atomic E-state index is 12.8. The molecule has 1 amide bonds. The SMILES string of the molecule is O=C(Nc1csc(-c2cc3cccc(-c4ccn[nH]4)c3o2)c1C(=O)O)c1cc2ccccc2o1. The lowest BCUT2D eigenvalue weighted by molar-refractivity contribution is 0.0699. The molecule has 166 valence electrons. The van der Waals surface area contributed by atoms with Crippen molar-refractivity contribution in [1.29, 1.82) is 0 Å². The molecular weight excluding hydrogens is 454 g/mol. The Balaban J connectivity index is 1.39. The minimum Gasteiger partial charge on any atom is -0.478 e. The first kappa shape index (κ1) is 20.0. The molecule has 34 heavy (non-hydrogen) atoms. The van der Waals surface area contributed by atoms with Gasteiger partial charge in [0.1, 0.15) is 22.5 Å². The van der Waals surface area contributed by atoms with Crippen LogP contribution in [0.2, 0.25) is 0 Å². The number of carboxylic acids is 1. The molecule has 0 bridgehead atoms. The number of aromatic amines is 1. The van der Waals surface area contributed by atoms with Gasteiger partial charge in [-0.1, -0.05) is 30.3 Å². The van der Waals surface area contributed by atoms with Gasteiger partial charge in [-0.3, -0.25) is 9.89 Å². The third-order valence-corrected chi connectivity index (χ3v) is 6.46. The number of benzene rings is 2. The van der Waals surface area contributed by atoms with Crippen molar-refractivity contribution in [2.45, 2.75) is 0 Å². The van der Waals surface area contributed by atoms with E-state index in [0.717, 1.165) is 22.0 Å². The van der Waals surface area contributed by atoms with E-state index in [2.05, 4.69) is 15.5 Å². The number of hydrogen-bond acceptors (Lipinski definition) is 6. The molecule has 3 N–H and O–H groups in total. The van der Waals surface area contributed by atoms with Crippen molar-refractivity contribution in [2.24, 2.45) is 0 Å². The molecule has 0 atom stereocenters. The Bertz CT molecular complexity index is 1660. The third-order valence-electron chi connectivity index (χ3n) is 5.46. The number of rotatable bonds is 5. The summed E-state index contributed by atoms with van der Waals surface area (Å²) in [6.07, 6.45) is 1.65. The molecular formula is C25H15N3O5S. The van der Waals surface area contributed by atoms with Gasteiger partial charge in [0.25, 0.3) is 5.91 Å². The zero-order chi connectivity index (χ0) is 23.2. The van der Waals surface area contributed by atoms with Crippen LogP contribution in [0.25, 0.3) is 43.8 Å². The summed E-state index contributed by atoms with van der Waals surface area (Å²) in [5, 5.41) is 22.7. The van der Waals surface area contributed by atoms with Crippen molar-refractivity contribution < 1.29 is 23.5 Å². The van der Waals surface area contributed by atoms with Gasteiger partial charge in [0, 0.05) is 27.9 Å². The fourth-order valence-electron chi connectivity index (χ4n) is 3.91. The second-order valence-corrected chi connectivity index (χ2v) is 8.45. The highest BCUT2D eigenvalue weighted by molar-refractivity contribution is 7.14. The molecule has 6 rings (SSSR count). The van der Waals surface area contributed by atoms with E-state index in [9.17, 15) is 14.7 Å². The Hall–Kier alpha value is -4.63. The van der Waals surface area contributed by atoms with Crippen molar-refractivity contribution in [1.82, 2.24) is 10.2 Å². The highest BCUT2D eigenvalue weighted by Gasteiger charge is 2.25. The first-order chi connectivity index (χ1) is 16.6. The summed E-state index contributed by atoms with van der Waals surface area (Å²) in [6.45, 7) is 0. The van der Waals surface area contributed by atoms with E-state index in [1.807, 2.05) is 42.5 Å². The lowest BCUT2D eigenvalue weighted by atomic mass is 10.1. The molecule has 0 aliphatic carbocycles. The maximum absolute atomic E-state index is 12.8. The monoisotopic (exact) mass is 469 g/mol. The predicted molar refractivity (Wildman–Crippen MR) is 128 cm³/mol. The molecule has 0 spiro atoms. The minimum atomic E-state index is -1.18. The second kappa shape index (κ2) is 7.75. The van der Waals surface area contributed by atoms with Gasteiger partial charge in [-0.15, -0.1) is 11.3 Å². The molecule has 0 aliphatic rings. The molecule has 2 aromatic carbocycles.